The maximum atomic E-state index is 14.0. The van der Waals surface area contributed by atoms with Crippen LogP contribution in [0.4, 0.5) is 8.78 Å². The first-order chi connectivity index (χ1) is 13.5. The van der Waals surface area contributed by atoms with Gasteiger partial charge >= 0.3 is 0 Å². The summed E-state index contributed by atoms with van der Waals surface area (Å²) in [6.45, 7) is 8.49. The number of aryl methyl sites for hydroxylation is 1. The van der Waals surface area contributed by atoms with Crippen molar-refractivity contribution in [3.05, 3.63) is 59.2 Å². The summed E-state index contributed by atoms with van der Waals surface area (Å²) < 4.78 is 38.7. The van der Waals surface area contributed by atoms with E-state index in [1.807, 2.05) is 6.92 Å². The van der Waals surface area contributed by atoms with E-state index < -0.39 is 28.8 Å². The normalized spacial score (nSPS) is 18.7. The van der Waals surface area contributed by atoms with Crippen LogP contribution in [0.25, 0.3) is 0 Å². The van der Waals surface area contributed by atoms with E-state index in [2.05, 4.69) is 0 Å². The summed E-state index contributed by atoms with van der Waals surface area (Å²) >= 11 is 0. The molecule has 0 saturated carbocycles. The van der Waals surface area contributed by atoms with Gasteiger partial charge in [0.05, 0.1) is 0 Å². The summed E-state index contributed by atoms with van der Waals surface area (Å²) in [4.78, 5) is 26.2. The smallest absolute Gasteiger partial charge is 0.179 e. The molecule has 1 saturated heterocycles. The monoisotopic (exact) mass is 402 g/mol. The van der Waals surface area contributed by atoms with E-state index in [1.165, 1.54) is 0 Å². The number of carbonyl (C=O) groups excluding carboxylic acids is 2. The van der Waals surface area contributed by atoms with Gasteiger partial charge in [-0.1, -0.05) is 13.0 Å². The second-order valence-corrected chi connectivity index (χ2v) is 8.18. The van der Waals surface area contributed by atoms with Gasteiger partial charge in [0, 0.05) is 6.07 Å². The molecule has 6 heteroatoms. The highest BCUT2D eigenvalue weighted by Crippen LogP contribution is 2.41. The first-order valence-corrected chi connectivity index (χ1v) is 9.51. The lowest BCUT2D eigenvalue weighted by Gasteiger charge is -2.43. The van der Waals surface area contributed by atoms with Gasteiger partial charge in [-0.3, -0.25) is 9.59 Å². The third-order valence-electron chi connectivity index (χ3n) is 5.15. The molecule has 3 rings (SSSR count). The molecule has 4 nitrogen and oxygen atoms in total. The number of hydrogen-bond donors (Lipinski definition) is 0. The molecule has 0 aromatic heterocycles. The third-order valence-corrected chi connectivity index (χ3v) is 5.15. The number of hydrogen-bond acceptors (Lipinski definition) is 4. The highest BCUT2D eigenvalue weighted by atomic mass is 19.1. The minimum absolute atomic E-state index is 0.212. The SMILES string of the molecule is CCc1ccc(Oc2cc(F)ccc2F)cc1C1C(=O)C(C)(C)OC(C)(C)C1=O. The number of ketones is 2. The number of rotatable bonds is 4. The first-order valence-electron chi connectivity index (χ1n) is 9.51. The molecule has 0 unspecified atom stereocenters. The maximum Gasteiger partial charge on any atom is 0.179 e. The molecule has 0 bridgehead atoms. The van der Waals surface area contributed by atoms with Crippen molar-refractivity contribution in [2.75, 3.05) is 0 Å². The molecule has 1 aliphatic rings. The van der Waals surface area contributed by atoms with Crippen molar-refractivity contribution >= 4 is 11.6 Å². The Morgan fingerprint density at radius 1 is 0.966 bits per heavy atom. The second-order valence-electron chi connectivity index (χ2n) is 8.18. The van der Waals surface area contributed by atoms with Crippen LogP contribution in [0.2, 0.25) is 0 Å². The van der Waals surface area contributed by atoms with E-state index in [4.69, 9.17) is 9.47 Å². The topological polar surface area (TPSA) is 52.6 Å². The molecule has 0 amide bonds. The molecule has 1 aliphatic heterocycles. The minimum atomic E-state index is -1.14. The zero-order chi connectivity index (χ0) is 21.6. The standard InChI is InChI=1S/C23H24F2O4/c1-6-13-7-9-15(28-18-11-14(24)8-10-17(18)25)12-16(13)19-20(26)22(2,3)29-23(4,5)21(19)27/h7-12,19H,6H2,1-5H3. The molecular weight excluding hydrogens is 378 g/mol. The van der Waals surface area contributed by atoms with Gasteiger partial charge in [0.25, 0.3) is 0 Å². The molecule has 0 radical (unpaired) electrons. The molecule has 1 heterocycles. The number of Topliss-reactive ketones (excluding diaryl/α,β-unsaturated/α-hetero) is 2. The Morgan fingerprint density at radius 2 is 1.59 bits per heavy atom. The Kier molecular flexibility index (Phi) is 5.34. The zero-order valence-corrected chi connectivity index (χ0v) is 17.1. The first kappa shape index (κ1) is 21.1. The van der Waals surface area contributed by atoms with Gasteiger partial charge < -0.3 is 9.47 Å². The summed E-state index contributed by atoms with van der Waals surface area (Å²) in [6, 6.07) is 7.82. The van der Waals surface area contributed by atoms with E-state index in [0.717, 1.165) is 23.8 Å². The fraction of sp³-hybridized carbons (Fsp3) is 0.391. The third kappa shape index (κ3) is 3.94. The van der Waals surface area contributed by atoms with Gasteiger partial charge in [0.2, 0.25) is 0 Å². The summed E-state index contributed by atoms with van der Waals surface area (Å²) in [6.07, 6.45) is 0.586. The van der Waals surface area contributed by atoms with Crippen LogP contribution in [0, 0.1) is 11.6 Å². The Balaban J connectivity index is 2.08. The Labute approximate surface area is 168 Å². The number of halogens is 2. The lowest BCUT2D eigenvalue weighted by molar-refractivity contribution is -0.184. The largest absolute Gasteiger partial charge is 0.454 e. The van der Waals surface area contributed by atoms with Crippen LogP contribution < -0.4 is 4.74 Å². The van der Waals surface area contributed by atoms with Crippen molar-refractivity contribution in [2.45, 2.75) is 58.2 Å². The molecule has 2 aromatic carbocycles. The van der Waals surface area contributed by atoms with Crippen LogP contribution in [0.5, 0.6) is 11.5 Å². The van der Waals surface area contributed by atoms with Gasteiger partial charge in [-0.25, -0.2) is 8.78 Å². The summed E-state index contributed by atoms with van der Waals surface area (Å²) in [5.74, 6) is -3.12. The highest BCUT2D eigenvalue weighted by Gasteiger charge is 2.53. The van der Waals surface area contributed by atoms with Crippen molar-refractivity contribution in [3.63, 3.8) is 0 Å². The fourth-order valence-corrected chi connectivity index (χ4v) is 3.74. The van der Waals surface area contributed by atoms with Gasteiger partial charge in [0.15, 0.2) is 23.1 Å². The molecule has 0 atom stereocenters. The predicted molar refractivity (Wildman–Crippen MR) is 104 cm³/mol. The molecule has 154 valence electrons. The Bertz CT molecular complexity index is 953. The van der Waals surface area contributed by atoms with Crippen molar-refractivity contribution < 1.29 is 27.8 Å². The average molecular weight is 402 g/mol. The molecule has 29 heavy (non-hydrogen) atoms. The van der Waals surface area contributed by atoms with E-state index >= 15 is 0 Å². The zero-order valence-electron chi connectivity index (χ0n) is 17.1. The van der Waals surface area contributed by atoms with Crippen LogP contribution in [0.1, 0.15) is 51.7 Å². The lowest BCUT2D eigenvalue weighted by atomic mass is 9.73. The number of ether oxygens (including phenoxy) is 2. The Morgan fingerprint density at radius 3 is 2.17 bits per heavy atom. The van der Waals surface area contributed by atoms with Crippen molar-refractivity contribution in [3.8, 4) is 11.5 Å². The van der Waals surface area contributed by atoms with Gasteiger partial charge in [0.1, 0.15) is 28.7 Å². The summed E-state index contributed by atoms with van der Waals surface area (Å²) in [7, 11) is 0. The van der Waals surface area contributed by atoms with Gasteiger partial charge in [-0.2, -0.15) is 0 Å². The maximum absolute atomic E-state index is 14.0. The van der Waals surface area contributed by atoms with Crippen molar-refractivity contribution in [1.82, 2.24) is 0 Å². The van der Waals surface area contributed by atoms with Crippen LogP contribution in [-0.2, 0) is 20.7 Å². The van der Waals surface area contributed by atoms with Gasteiger partial charge in [-0.05, 0) is 69.5 Å². The number of carbonyl (C=O) groups is 2. The molecule has 0 N–H and O–H groups in total. The van der Waals surface area contributed by atoms with E-state index in [0.29, 0.717) is 12.0 Å². The quantitative estimate of drug-likeness (QED) is 0.666. The van der Waals surface area contributed by atoms with Gasteiger partial charge in [-0.15, -0.1) is 0 Å². The molecule has 2 aromatic rings. The second kappa shape index (κ2) is 7.34. The summed E-state index contributed by atoms with van der Waals surface area (Å²) in [5.41, 5.74) is -0.976. The van der Waals surface area contributed by atoms with E-state index in [-0.39, 0.29) is 23.1 Å². The van der Waals surface area contributed by atoms with Crippen LogP contribution in [-0.4, -0.2) is 22.8 Å². The molecule has 0 spiro atoms. The minimum Gasteiger partial charge on any atom is -0.454 e. The van der Waals surface area contributed by atoms with Crippen LogP contribution in [0.15, 0.2) is 36.4 Å². The molecular formula is C23H24F2O4. The lowest BCUT2D eigenvalue weighted by Crippen LogP contribution is -2.58. The predicted octanol–water partition coefficient (Wildman–Crippen LogP) is 5.13. The summed E-state index contributed by atoms with van der Waals surface area (Å²) in [5, 5.41) is 0. The Hall–Kier alpha value is -2.60. The van der Waals surface area contributed by atoms with E-state index in [1.54, 1.807) is 45.9 Å². The fourth-order valence-electron chi connectivity index (χ4n) is 3.74. The van der Waals surface area contributed by atoms with Crippen LogP contribution >= 0.6 is 0 Å². The molecule has 0 aliphatic carbocycles. The average Bonchev–Trinajstić information content (AvgIpc) is 2.63. The van der Waals surface area contributed by atoms with Crippen molar-refractivity contribution in [1.29, 1.82) is 0 Å². The van der Waals surface area contributed by atoms with Crippen molar-refractivity contribution in [2.24, 2.45) is 0 Å². The number of benzene rings is 2. The highest BCUT2D eigenvalue weighted by molar-refractivity contribution is 6.15. The van der Waals surface area contributed by atoms with E-state index in [9.17, 15) is 18.4 Å². The molecule has 1 fully saturated rings. The van der Waals surface area contributed by atoms with Crippen LogP contribution in [0.3, 0.4) is 0 Å².